The van der Waals surface area contributed by atoms with Crippen LogP contribution in [0.5, 0.6) is 11.5 Å². The summed E-state index contributed by atoms with van der Waals surface area (Å²) in [6, 6.07) is 11.7. The Labute approximate surface area is 174 Å². The standard InChI is InChI=1S/C21H29N3O4S/c1-15(17-10-19(27-2)13-20(11-17)28-3)23-21-12-18(24-8-6-22-7-9-24)5-4-16(21)14-29(25)26/h4-5,10-13,15,22-23H,6-9,14H2,1-3H3,(H,25,26). The van der Waals surface area contributed by atoms with Crippen molar-refractivity contribution in [2.75, 3.05) is 50.6 Å². The molecule has 2 unspecified atom stereocenters. The van der Waals surface area contributed by atoms with E-state index in [1.807, 2.05) is 37.3 Å². The minimum atomic E-state index is -1.91. The van der Waals surface area contributed by atoms with Crippen LogP contribution < -0.4 is 25.0 Å². The fourth-order valence-electron chi connectivity index (χ4n) is 3.47. The number of ether oxygens (including phenoxy) is 2. The third kappa shape index (κ3) is 5.62. The van der Waals surface area contributed by atoms with Gasteiger partial charge in [-0.25, -0.2) is 4.21 Å². The average Bonchev–Trinajstić information content (AvgIpc) is 2.74. The normalized spacial score (nSPS) is 16.2. The molecule has 1 heterocycles. The van der Waals surface area contributed by atoms with E-state index in [1.165, 1.54) is 0 Å². The summed E-state index contributed by atoms with van der Waals surface area (Å²) in [7, 11) is 3.25. The number of benzene rings is 2. The van der Waals surface area contributed by atoms with Gasteiger partial charge in [-0.2, -0.15) is 0 Å². The Hall–Kier alpha value is -2.29. The Bertz CT molecular complexity index is 834. The summed E-state index contributed by atoms with van der Waals surface area (Å²) in [5.41, 5.74) is 3.78. The molecule has 0 spiro atoms. The highest BCUT2D eigenvalue weighted by Gasteiger charge is 2.16. The Morgan fingerprint density at radius 3 is 2.38 bits per heavy atom. The van der Waals surface area contributed by atoms with Crippen molar-refractivity contribution in [3.8, 4) is 11.5 Å². The van der Waals surface area contributed by atoms with E-state index < -0.39 is 11.1 Å². The fraction of sp³-hybridized carbons (Fsp3) is 0.429. The number of nitrogens with one attached hydrogen (secondary N) is 2. The molecule has 158 valence electrons. The van der Waals surface area contributed by atoms with E-state index in [4.69, 9.17) is 9.47 Å². The first kappa shape index (κ1) is 21.4. The van der Waals surface area contributed by atoms with Crippen LogP contribution in [0, 0.1) is 0 Å². The van der Waals surface area contributed by atoms with Gasteiger partial charge in [-0.05, 0) is 42.3 Å². The van der Waals surface area contributed by atoms with Crippen LogP contribution in [0.25, 0.3) is 0 Å². The van der Waals surface area contributed by atoms with E-state index in [0.717, 1.165) is 60.2 Å². The maximum Gasteiger partial charge on any atom is 0.157 e. The lowest BCUT2D eigenvalue weighted by Crippen LogP contribution is -2.43. The van der Waals surface area contributed by atoms with Crippen LogP contribution in [-0.2, 0) is 16.8 Å². The molecule has 2 aromatic rings. The quantitative estimate of drug-likeness (QED) is 0.567. The minimum absolute atomic E-state index is 0.0526. The first-order valence-electron chi connectivity index (χ1n) is 9.65. The van der Waals surface area contributed by atoms with E-state index in [2.05, 4.69) is 21.6 Å². The van der Waals surface area contributed by atoms with E-state index in [1.54, 1.807) is 14.2 Å². The topological polar surface area (TPSA) is 83.1 Å². The molecule has 0 saturated carbocycles. The van der Waals surface area contributed by atoms with Crippen LogP contribution in [0.15, 0.2) is 36.4 Å². The predicted molar refractivity (Wildman–Crippen MR) is 118 cm³/mol. The van der Waals surface area contributed by atoms with Gasteiger partial charge in [0.25, 0.3) is 0 Å². The zero-order chi connectivity index (χ0) is 20.8. The van der Waals surface area contributed by atoms with Gasteiger partial charge >= 0.3 is 0 Å². The van der Waals surface area contributed by atoms with E-state index in [-0.39, 0.29) is 11.8 Å². The van der Waals surface area contributed by atoms with Crippen LogP contribution >= 0.6 is 0 Å². The molecule has 0 bridgehead atoms. The highest BCUT2D eigenvalue weighted by atomic mass is 32.2. The second kappa shape index (κ2) is 9.96. The highest BCUT2D eigenvalue weighted by molar-refractivity contribution is 7.78. The first-order valence-corrected chi connectivity index (χ1v) is 10.9. The van der Waals surface area contributed by atoms with Crippen molar-refractivity contribution in [2.45, 2.75) is 18.7 Å². The van der Waals surface area contributed by atoms with E-state index >= 15 is 0 Å². The maximum absolute atomic E-state index is 11.5. The highest BCUT2D eigenvalue weighted by Crippen LogP contribution is 2.31. The first-order chi connectivity index (χ1) is 14.0. The van der Waals surface area contributed by atoms with Crippen molar-refractivity contribution in [3.05, 3.63) is 47.5 Å². The molecule has 0 aliphatic carbocycles. The van der Waals surface area contributed by atoms with Gasteiger partial charge in [0.05, 0.1) is 20.0 Å². The van der Waals surface area contributed by atoms with Crippen LogP contribution in [0.2, 0.25) is 0 Å². The SMILES string of the molecule is COc1cc(OC)cc(C(C)Nc2cc(N3CCNCC3)ccc2CS(=O)O)c1. The van der Waals surface area contributed by atoms with Gasteiger partial charge in [-0.3, -0.25) is 0 Å². The van der Waals surface area contributed by atoms with E-state index in [9.17, 15) is 8.76 Å². The summed E-state index contributed by atoms with van der Waals surface area (Å²) >= 11 is -1.91. The zero-order valence-corrected chi connectivity index (χ0v) is 17.9. The summed E-state index contributed by atoms with van der Waals surface area (Å²) in [5.74, 6) is 1.52. The monoisotopic (exact) mass is 419 g/mol. The molecule has 7 nitrogen and oxygen atoms in total. The third-order valence-corrected chi connectivity index (χ3v) is 5.66. The van der Waals surface area contributed by atoms with Crippen molar-refractivity contribution >= 4 is 22.5 Å². The van der Waals surface area contributed by atoms with Crippen molar-refractivity contribution in [1.82, 2.24) is 5.32 Å². The Morgan fingerprint density at radius 1 is 1.14 bits per heavy atom. The van der Waals surface area contributed by atoms with Gasteiger partial charge in [0.2, 0.25) is 0 Å². The largest absolute Gasteiger partial charge is 0.497 e. The number of nitrogens with zero attached hydrogens (tertiary/aromatic N) is 1. The molecule has 1 saturated heterocycles. The Morgan fingerprint density at radius 2 is 1.79 bits per heavy atom. The van der Waals surface area contributed by atoms with Gasteiger partial charge in [-0.1, -0.05) is 6.07 Å². The lowest BCUT2D eigenvalue weighted by atomic mass is 10.1. The van der Waals surface area contributed by atoms with Gasteiger partial charge in [0, 0.05) is 49.7 Å². The number of methoxy groups -OCH3 is 2. The number of hydrogen-bond acceptors (Lipinski definition) is 6. The lowest BCUT2D eigenvalue weighted by Gasteiger charge is -2.30. The minimum Gasteiger partial charge on any atom is -0.497 e. The molecule has 3 N–H and O–H groups in total. The number of hydrogen-bond donors (Lipinski definition) is 3. The predicted octanol–water partition coefficient (Wildman–Crippen LogP) is 3.01. The van der Waals surface area contributed by atoms with Crippen LogP contribution in [0.4, 0.5) is 11.4 Å². The molecular formula is C21H29N3O4S. The molecule has 1 aliphatic heterocycles. The van der Waals surface area contributed by atoms with Crippen molar-refractivity contribution in [3.63, 3.8) is 0 Å². The second-order valence-corrected chi connectivity index (χ2v) is 7.99. The smallest absolute Gasteiger partial charge is 0.157 e. The number of rotatable bonds is 8. The molecule has 29 heavy (non-hydrogen) atoms. The van der Waals surface area contributed by atoms with Crippen LogP contribution in [-0.4, -0.2) is 49.2 Å². The third-order valence-electron chi connectivity index (χ3n) is 5.10. The van der Waals surface area contributed by atoms with Gasteiger partial charge in [-0.15, -0.1) is 0 Å². The van der Waals surface area contributed by atoms with Crippen LogP contribution in [0.3, 0.4) is 0 Å². The van der Waals surface area contributed by atoms with Crippen molar-refractivity contribution in [2.24, 2.45) is 0 Å². The molecular weight excluding hydrogens is 390 g/mol. The second-order valence-electron chi connectivity index (χ2n) is 7.06. The van der Waals surface area contributed by atoms with Gasteiger partial charge < -0.3 is 29.6 Å². The summed E-state index contributed by atoms with van der Waals surface area (Å²) in [5, 5.41) is 6.87. The van der Waals surface area contributed by atoms with Crippen molar-refractivity contribution < 1.29 is 18.2 Å². The molecule has 1 aliphatic rings. The summed E-state index contributed by atoms with van der Waals surface area (Å²) in [6.45, 7) is 5.82. The lowest BCUT2D eigenvalue weighted by molar-refractivity contribution is 0.393. The molecule has 2 atom stereocenters. The Balaban J connectivity index is 1.89. The molecule has 0 radical (unpaired) electrons. The van der Waals surface area contributed by atoms with Crippen LogP contribution in [0.1, 0.15) is 24.1 Å². The molecule has 3 rings (SSSR count). The summed E-state index contributed by atoms with van der Waals surface area (Å²) in [6.07, 6.45) is 0. The molecule has 0 aromatic heterocycles. The maximum atomic E-state index is 11.5. The van der Waals surface area contributed by atoms with Gasteiger partial charge in [0.15, 0.2) is 11.1 Å². The summed E-state index contributed by atoms with van der Waals surface area (Å²) < 4.78 is 31.6. The molecule has 0 amide bonds. The van der Waals surface area contributed by atoms with Crippen molar-refractivity contribution in [1.29, 1.82) is 0 Å². The Kier molecular flexibility index (Phi) is 7.35. The average molecular weight is 420 g/mol. The molecule has 8 heteroatoms. The fourth-order valence-corrected chi connectivity index (χ4v) is 3.99. The number of anilines is 2. The zero-order valence-electron chi connectivity index (χ0n) is 17.1. The molecule has 2 aromatic carbocycles. The number of piperazine rings is 1. The van der Waals surface area contributed by atoms with E-state index in [0.29, 0.717) is 0 Å². The van der Waals surface area contributed by atoms with Gasteiger partial charge in [0.1, 0.15) is 11.5 Å². The molecule has 1 fully saturated rings. The summed E-state index contributed by atoms with van der Waals surface area (Å²) in [4.78, 5) is 2.32.